The average Bonchev–Trinajstić information content (AvgIpc) is 2.45. The van der Waals surface area contributed by atoms with Gasteiger partial charge >= 0.3 is 0 Å². The highest BCUT2D eigenvalue weighted by Gasteiger charge is 2.22. The van der Waals surface area contributed by atoms with Crippen LogP contribution >= 0.6 is 0 Å². The second-order valence-electron chi connectivity index (χ2n) is 5.75. The highest BCUT2D eigenvalue weighted by atomic mass is 14.3. The molecule has 0 aliphatic rings. The minimum absolute atomic E-state index is 0.161. The van der Waals surface area contributed by atoms with Crippen molar-refractivity contribution in [3.63, 3.8) is 0 Å². The topological polar surface area (TPSA) is 47.6 Å². The molecule has 0 bridgehead atoms. The zero-order valence-corrected chi connectivity index (χ0v) is 11.9. The fraction of sp³-hybridized carbons (Fsp3) is 0.222. The molecule has 0 spiro atoms. The molecule has 2 heteroatoms. The molecule has 2 rings (SSSR count). The van der Waals surface area contributed by atoms with Crippen molar-refractivity contribution in [2.75, 3.05) is 0 Å². The molecule has 0 radical (unpaired) electrons. The molecule has 0 atom stereocenters. The quantitative estimate of drug-likeness (QED) is 0.763. The lowest BCUT2D eigenvalue weighted by molar-refractivity contribution is 0.588. The summed E-state index contributed by atoms with van der Waals surface area (Å²) in [5, 5.41) is 18.9. The summed E-state index contributed by atoms with van der Waals surface area (Å²) in [6.45, 7) is 6.14. The van der Waals surface area contributed by atoms with Crippen LogP contribution < -0.4 is 0 Å². The molecule has 0 amide bonds. The van der Waals surface area contributed by atoms with Gasteiger partial charge in [0.15, 0.2) is 0 Å². The molecule has 20 heavy (non-hydrogen) atoms. The van der Waals surface area contributed by atoms with Crippen molar-refractivity contribution in [3.8, 4) is 23.3 Å². The minimum Gasteiger partial charge on any atom is -0.192 e. The van der Waals surface area contributed by atoms with Crippen LogP contribution in [0.3, 0.4) is 0 Å². The number of rotatable bonds is 1. The first kappa shape index (κ1) is 13.8. The summed E-state index contributed by atoms with van der Waals surface area (Å²) in [6.07, 6.45) is 0. The lowest BCUT2D eigenvalue weighted by Crippen LogP contribution is -2.14. The van der Waals surface area contributed by atoms with Crippen molar-refractivity contribution in [1.29, 1.82) is 10.5 Å². The van der Waals surface area contributed by atoms with Crippen LogP contribution in [-0.2, 0) is 5.41 Å². The first-order valence-corrected chi connectivity index (χ1v) is 6.52. The summed E-state index contributed by atoms with van der Waals surface area (Å²) < 4.78 is 0. The Balaban J connectivity index is 2.77. The van der Waals surface area contributed by atoms with Crippen molar-refractivity contribution >= 4 is 0 Å². The van der Waals surface area contributed by atoms with Crippen LogP contribution in [0.1, 0.15) is 37.5 Å². The van der Waals surface area contributed by atoms with Gasteiger partial charge in [-0.15, -0.1) is 0 Å². The van der Waals surface area contributed by atoms with Gasteiger partial charge in [0, 0.05) is 5.56 Å². The summed E-state index contributed by atoms with van der Waals surface area (Å²) in [6, 6.07) is 18.0. The summed E-state index contributed by atoms with van der Waals surface area (Å²) in [7, 11) is 0. The van der Waals surface area contributed by atoms with E-state index in [0.717, 1.165) is 16.7 Å². The van der Waals surface area contributed by atoms with Crippen molar-refractivity contribution < 1.29 is 0 Å². The number of benzene rings is 2. The third kappa shape index (κ3) is 2.42. The monoisotopic (exact) mass is 260 g/mol. The van der Waals surface area contributed by atoms with Gasteiger partial charge in [0.2, 0.25) is 0 Å². The molecular formula is C18H16N2. The van der Waals surface area contributed by atoms with Gasteiger partial charge in [-0.3, -0.25) is 0 Å². The second-order valence-corrected chi connectivity index (χ2v) is 5.75. The molecule has 0 aromatic heterocycles. The Bertz CT molecular complexity index is 708. The largest absolute Gasteiger partial charge is 0.192 e. The summed E-state index contributed by atoms with van der Waals surface area (Å²) in [5.41, 5.74) is 3.48. The van der Waals surface area contributed by atoms with Crippen LogP contribution in [0.2, 0.25) is 0 Å². The summed E-state index contributed by atoms with van der Waals surface area (Å²) >= 11 is 0. The Hall–Kier alpha value is -2.58. The van der Waals surface area contributed by atoms with Gasteiger partial charge in [-0.05, 0) is 16.5 Å². The van der Waals surface area contributed by atoms with E-state index in [2.05, 4.69) is 12.1 Å². The molecule has 0 fully saturated rings. The van der Waals surface area contributed by atoms with Crippen LogP contribution in [0.25, 0.3) is 11.1 Å². The van der Waals surface area contributed by atoms with E-state index >= 15 is 0 Å². The van der Waals surface area contributed by atoms with Crippen molar-refractivity contribution in [1.82, 2.24) is 0 Å². The van der Waals surface area contributed by atoms with E-state index in [1.165, 1.54) is 0 Å². The lowest BCUT2D eigenvalue weighted by atomic mass is 9.80. The molecule has 98 valence electrons. The first-order chi connectivity index (χ1) is 9.49. The average molecular weight is 260 g/mol. The fourth-order valence-corrected chi connectivity index (χ4v) is 2.32. The maximum atomic E-state index is 9.48. The molecular weight excluding hydrogens is 244 g/mol. The fourth-order valence-electron chi connectivity index (χ4n) is 2.32. The van der Waals surface area contributed by atoms with Gasteiger partial charge in [-0.2, -0.15) is 10.5 Å². The van der Waals surface area contributed by atoms with E-state index < -0.39 is 0 Å². The van der Waals surface area contributed by atoms with Crippen LogP contribution in [0.5, 0.6) is 0 Å². The molecule has 2 aromatic rings. The van der Waals surface area contributed by atoms with E-state index in [4.69, 9.17) is 0 Å². The maximum absolute atomic E-state index is 9.48. The lowest BCUT2D eigenvalue weighted by Gasteiger charge is -2.22. The van der Waals surface area contributed by atoms with E-state index in [1.54, 1.807) is 0 Å². The molecule has 2 nitrogen and oxygen atoms in total. The Morgan fingerprint density at radius 1 is 0.800 bits per heavy atom. The Morgan fingerprint density at radius 3 is 1.90 bits per heavy atom. The van der Waals surface area contributed by atoms with Gasteiger partial charge < -0.3 is 0 Å². The van der Waals surface area contributed by atoms with Gasteiger partial charge in [-0.25, -0.2) is 0 Å². The van der Waals surface area contributed by atoms with E-state index in [1.807, 2.05) is 63.2 Å². The highest BCUT2D eigenvalue weighted by Crippen LogP contribution is 2.33. The van der Waals surface area contributed by atoms with Crippen molar-refractivity contribution in [3.05, 3.63) is 59.2 Å². The van der Waals surface area contributed by atoms with Crippen molar-refractivity contribution in [2.45, 2.75) is 26.2 Å². The maximum Gasteiger partial charge on any atom is 0.101 e. The number of nitrogens with zero attached hydrogens (tertiary/aromatic N) is 2. The van der Waals surface area contributed by atoms with Crippen molar-refractivity contribution in [2.24, 2.45) is 0 Å². The molecule has 0 N–H and O–H groups in total. The van der Waals surface area contributed by atoms with Crippen LogP contribution in [0, 0.1) is 22.7 Å². The Morgan fingerprint density at radius 2 is 1.40 bits per heavy atom. The number of hydrogen-bond acceptors (Lipinski definition) is 2. The molecule has 0 saturated carbocycles. The Labute approximate surface area is 119 Å². The van der Waals surface area contributed by atoms with E-state index in [0.29, 0.717) is 11.1 Å². The summed E-state index contributed by atoms with van der Waals surface area (Å²) in [5.74, 6) is 0. The normalized spacial score (nSPS) is 10.7. The minimum atomic E-state index is -0.161. The second kappa shape index (κ2) is 5.19. The smallest absolute Gasteiger partial charge is 0.101 e. The third-order valence-electron chi connectivity index (χ3n) is 3.32. The van der Waals surface area contributed by atoms with Gasteiger partial charge in [-0.1, -0.05) is 63.2 Å². The molecule has 2 aromatic carbocycles. The van der Waals surface area contributed by atoms with Gasteiger partial charge in [0.25, 0.3) is 0 Å². The zero-order chi connectivity index (χ0) is 14.8. The van der Waals surface area contributed by atoms with E-state index in [9.17, 15) is 10.5 Å². The number of hydrogen-bond donors (Lipinski definition) is 0. The Kier molecular flexibility index (Phi) is 3.59. The molecule has 0 aliphatic carbocycles. The van der Waals surface area contributed by atoms with Crippen LogP contribution in [-0.4, -0.2) is 0 Å². The highest BCUT2D eigenvalue weighted by molar-refractivity contribution is 5.75. The van der Waals surface area contributed by atoms with Crippen LogP contribution in [0.4, 0.5) is 0 Å². The first-order valence-electron chi connectivity index (χ1n) is 6.52. The summed E-state index contributed by atoms with van der Waals surface area (Å²) in [4.78, 5) is 0. The van der Waals surface area contributed by atoms with Gasteiger partial charge in [0.1, 0.15) is 12.1 Å². The predicted molar refractivity (Wildman–Crippen MR) is 80.0 cm³/mol. The molecule has 0 heterocycles. The molecule has 0 saturated heterocycles. The third-order valence-corrected chi connectivity index (χ3v) is 3.32. The predicted octanol–water partition coefficient (Wildman–Crippen LogP) is 4.39. The van der Waals surface area contributed by atoms with Gasteiger partial charge in [0.05, 0.1) is 11.1 Å². The van der Waals surface area contributed by atoms with E-state index in [-0.39, 0.29) is 5.41 Å². The SMILES string of the molecule is CC(C)(C)c1ccc(-c2ccccc2)c(C#N)c1C#N. The zero-order valence-electron chi connectivity index (χ0n) is 11.9. The number of nitriles is 2. The molecule has 0 aliphatic heterocycles. The van der Waals surface area contributed by atoms with Crippen LogP contribution in [0.15, 0.2) is 42.5 Å². The standard InChI is InChI=1S/C18H16N2/c1-18(2,3)17-10-9-14(13-7-5-4-6-8-13)15(11-19)16(17)12-20/h4-10H,1-3H3. The molecule has 0 unspecified atom stereocenters.